The molecular weight excluding hydrogens is 168 g/mol. The Bertz CT molecular complexity index is 307. The Kier molecular flexibility index (Phi) is 2.86. The predicted molar refractivity (Wildman–Crippen MR) is 46.7 cm³/mol. The van der Waals surface area contributed by atoms with E-state index in [4.69, 9.17) is 11.2 Å². The van der Waals surface area contributed by atoms with Crippen LogP contribution in [-0.4, -0.2) is 17.9 Å². The monoisotopic (exact) mass is 178 g/mol. The van der Waals surface area contributed by atoms with Crippen LogP contribution in [0, 0.1) is 12.3 Å². The first-order valence-corrected chi connectivity index (χ1v) is 3.98. The molecule has 0 saturated carbocycles. The number of esters is 1. The maximum atomic E-state index is 11.2. The Labute approximate surface area is 76.8 Å². The molecule has 0 saturated heterocycles. The van der Waals surface area contributed by atoms with Gasteiger partial charge in [0.05, 0.1) is 6.42 Å². The zero-order valence-corrected chi connectivity index (χ0v) is 7.37. The van der Waals surface area contributed by atoms with Gasteiger partial charge >= 0.3 is 5.97 Å². The molecule has 0 N–H and O–H groups in total. The fraction of sp³-hybridized carbons (Fsp3) is 0.400. The van der Waals surface area contributed by atoms with Crippen molar-refractivity contribution in [3.8, 4) is 12.3 Å². The van der Waals surface area contributed by atoms with Gasteiger partial charge in [-0.3, -0.25) is 9.59 Å². The summed E-state index contributed by atoms with van der Waals surface area (Å²) < 4.78 is 4.85. The van der Waals surface area contributed by atoms with Crippen molar-refractivity contribution in [3.05, 3.63) is 11.6 Å². The first-order chi connectivity index (χ1) is 6.13. The molecule has 0 heterocycles. The standard InChI is InChI=1S/C10H10O3/c1-3-4-8-5-9(6-10(8)12)13-7(2)11/h1,5,9H,4,6H2,2H3/t9-/m0/s1. The van der Waals surface area contributed by atoms with Crippen LogP contribution < -0.4 is 0 Å². The van der Waals surface area contributed by atoms with E-state index < -0.39 is 6.10 Å². The maximum Gasteiger partial charge on any atom is 0.303 e. The number of rotatable bonds is 2. The largest absolute Gasteiger partial charge is 0.458 e. The van der Waals surface area contributed by atoms with Crippen LogP contribution >= 0.6 is 0 Å². The Morgan fingerprint density at radius 2 is 2.54 bits per heavy atom. The highest BCUT2D eigenvalue weighted by atomic mass is 16.5. The van der Waals surface area contributed by atoms with Gasteiger partial charge in [0.1, 0.15) is 6.10 Å². The van der Waals surface area contributed by atoms with Gasteiger partial charge in [-0.05, 0) is 6.08 Å². The van der Waals surface area contributed by atoms with Crippen LogP contribution in [0.4, 0.5) is 0 Å². The summed E-state index contributed by atoms with van der Waals surface area (Å²) in [5.74, 6) is 1.98. The van der Waals surface area contributed by atoms with E-state index in [0.717, 1.165) is 0 Å². The molecule has 0 spiro atoms. The second-order valence-corrected chi connectivity index (χ2v) is 2.85. The van der Waals surface area contributed by atoms with Gasteiger partial charge in [0.25, 0.3) is 0 Å². The molecule has 0 aromatic rings. The summed E-state index contributed by atoms with van der Waals surface area (Å²) >= 11 is 0. The van der Waals surface area contributed by atoms with Gasteiger partial charge < -0.3 is 4.74 Å². The number of ether oxygens (including phenoxy) is 1. The lowest BCUT2D eigenvalue weighted by atomic mass is 10.1. The second-order valence-electron chi connectivity index (χ2n) is 2.85. The molecule has 0 aromatic carbocycles. The van der Waals surface area contributed by atoms with E-state index in [2.05, 4.69) is 5.92 Å². The Balaban J connectivity index is 2.61. The molecule has 68 valence electrons. The van der Waals surface area contributed by atoms with Crippen LogP contribution in [0.15, 0.2) is 11.6 Å². The van der Waals surface area contributed by atoms with Gasteiger partial charge in [-0.15, -0.1) is 12.3 Å². The lowest BCUT2D eigenvalue weighted by Gasteiger charge is -2.05. The Morgan fingerprint density at radius 3 is 3.08 bits per heavy atom. The summed E-state index contributed by atoms with van der Waals surface area (Å²) in [7, 11) is 0. The fourth-order valence-corrected chi connectivity index (χ4v) is 1.25. The molecule has 3 nitrogen and oxygen atoms in total. The summed E-state index contributed by atoms with van der Waals surface area (Å²) in [6, 6.07) is 0. The molecule has 0 bridgehead atoms. The van der Waals surface area contributed by atoms with E-state index in [0.29, 0.717) is 12.0 Å². The van der Waals surface area contributed by atoms with E-state index in [1.807, 2.05) is 0 Å². The number of carbonyl (C=O) groups is 2. The van der Waals surface area contributed by atoms with Crippen LogP contribution in [0.25, 0.3) is 0 Å². The second kappa shape index (κ2) is 3.90. The smallest absolute Gasteiger partial charge is 0.303 e. The summed E-state index contributed by atoms with van der Waals surface area (Å²) in [5, 5.41) is 0. The van der Waals surface area contributed by atoms with E-state index in [1.54, 1.807) is 6.08 Å². The first-order valence-electron chi connectivity index (χ1n) is 3.98. The third-order valence-electron chi connectivity index (χ3n) is 1.74. The van der Waals surface area contributed by atoms with Crippen molar-refractivity contribution < 1.29 is 14.3 Å². The predicted octanol–water partition coefficient (Wildman–Crippen LogP) is 0.841. The molecular formula is C10H10O3. The van der Waals surface area contributed by atoms with E-state index in [9.17, 15) is 9.59 Å². The van der Waals surface area contributed by atoms with Crippen molar-refractivity contribution in [1.82, 2.24) is 0 Å². The quantitative estimate of drug-likeness (QED) is 0.465. The first kappa shape index (κ1) is 9.53. The normalized spacial score (nSPS) is 20.8. The van der Waals surface area contributed by atoms with Gasteiger partial charge in [0.15, 0.2) is 5.78 Å². The van der Waals surface area contributed by atoms with Gasteiger partial charge in [0.2, 0.25) is 0 Å². The lowest BCUT2D eigenvalue weighted by molar-refractivity contribution is -0.144. The van der Waals surface area contributed by atoms with Crippen molar-refractivity contribution >= 4 is 11.8 Å². The number of allylic oxidation sites excluding steroid dienone is 1. The molecule has 1 atom stereocenters. The molecule has 0 amide bonds. The average Bonchev–Trinajstić information content (AvgIpc) is 2.31. The van der Waals surface area contributed by atoms with Crippen molar-refractivity contribution in [2.45, 2.75) is 25.9 Å². The highest BCUT2D eigenvalue weighted by Gasteiger charge is 2.24. The third-order valence-corrected chi connectivity index (χ3v) is 1.74. The van der Waals surface area contributed by atoms with Gasteiger partial charge in [0, 0.05) is 18.9 Å². The van der Waals surface area contributed by atoms with Crippen LogP contribution in [0.2, 0.25) is 0 Å². The Hall–Kier alpha value is -1.56. The number of terminal acetylenes is 1. The van der Waals surface area contributed by atoms with E-state index in [1.165, 1.54) is 6.92 Å². The minimum atomic E-state index is -0.409. The van der Waals surface area contributed by atoms with Crippen LogP contribution in [0.5, 0.6) is 0 Å². The highest BCUT2D eigenvalue weighted by molar-refractivity contribution is 5.99. The fourth-order valence-electron chi connectivity index (χ4n) is 1.25. The highest BCUT2D eigenvalue weighted by Crippen LogP contribution is 2.19. The van der Waals surface area contributed by atoms with Crippen LogP contribution in [0.1, 0.15) is 19.8 Å². The molecule has 1 rings (SSSR count). The van der Waals surface area contributed by atoms with Crippen molar-refractivity contribution in [1.29, 1.82) is 0 Å². The van der Waals surface area contributed by atoms with Gasteiger partial charge in [-0.2, -0.15) is 0 Å². The van der Waals surface area contributed by atoms with Crippen molar-refractivity contribution in [2.75, 3.05) is 0 Å². The summed E-state index contributed by atoms with van der Waals surface area (Å²) in [6.45, 7) is 1.32. The zero-order chi connectivity index (χ0) is 9.84. The molecule has 0 unspecified atom stereocenters. The number of hydrogen-bond acceptors (Lipinski definition) is 3. The average molecular weight is 178 g/mol. The van der Waals surface area contributed by atoms with E-state index >= 15 is 0 Å². The molecule has 0 aliphatic heterocycles. The zero-order valence-electron chi connectivity index (χ0n) is 7.37. The minimum absolute atomic E-state index is 0.0239. The third kappa shape index (κ3) is 2.45. The van der Waals surface area contributed by atoms with Crippen molar-refractivity contribution in [2.24, 2.45) is 0 Å². The minimum Gasteiger partial charge on any atom is -0.458 e. The SMILES string of the molecule is C#CCC1=C[C@H](OC(C)=O)CC1=O. The summed E-state index contributed by atoms with van der Waals surface area (Å²) in [4.78, 5) is 21.8. The van der Waals surface area contributed by atoms with Gasteiger partial charge in [-0.1, -0.05) is 0 Å². The molecule has 0 aromatic heterocycles. The Morgan fingerprint density at radius 1 is 1.85 bits per heavy atom. The number of carbonyl (C=O) groups excluding carboxylic acids is 2. The molecule has 0 radical (unpaired) electrons. The molecule has 13 heavy (non-hydrogen) atoms. The number of hydrogen-bond donors (Lipinski definition) is 0. The topological polar surface area (TPSA) is 43.4 Å². The molecule has 1 aliphatic rings. The van der Waals surface area contributed by atoms with Crippen LogP contribution in [0.3, 0.4) is 0 Å². The summed E-state index contributed by atoms with van der Waals surface area (Å²) in [6.07, 6.45) is 6.83. The maximum absolute atomic E-state index is 11.2. The number of Topliss-reactive ketones (excluding diaryl/α,β-unsaturated/α-hetero) is 1. The van der Waals surface area contributed by atoms with Gasteiger partial charge in [-0.25, -0.2) is 0 Å². The van der Waals surface area contributed by atoms with E-state index in [-0.39, 0.29) is 18.2 Å². The molecule has 1 aliphatic carbocycles. The van der Waals surface area contributed by atoms with Crippen LogP contribution in [-0.2, 0) is 14.3 Å². The summed E-state index contributed by atoms with van der Waals surface area (Å²) in [5.41, 5.74) is 0.578. The lowest BCUT2D eigenvalue weighted by Crippen LogP contribution is -2.12. The van der Waals surface area contributed by atoms with Crippen molar-refractivity contribution in [3.63, 3.8) is 0 Å². The molecule has 0 fully saturated rings. The molecule has 3 heteroatoms. The number of ketones is 1.